The first kappa shape index (κ1) is 24.8. The van der Waals surface area contributed by atoms with Gasteiger partial charge in [-0.05, 0) is 99.9 Å². The highest BCUT2D eigenvalue weighted by molar-refractivity contribution is 6.39. The summed E-state index contributed by atoms with van der Waals surface area (Å²) in [6.07, 6.45) is 3.78. The second-order valence-corrected chi connectivity index (χ2v) is 11.5. The molecule has 1 heterocycles. The van der Waals surface area contributed by atoms with Gasteiger partial charge in [-0.3, -0.25) is 4.98 Å². The molecule has 8 aromatic carbocycles. The average Bonchev–Trinajstić information content (AvgIpc) is 3.11. The van der Waals surface area contributed by atoms with Crippen molar-refractivity contribution in [2.75, 3.05) is 0 Å². The van der Waals surface area contributed by atoms with Crippen LogP contribution in [-0.2, 0) is 0 Å². The molecule has 204 valence electrons. The minimum atomic E-state index is 1.12. The summed E-state index contributed by atoms with van der Waals surface area (Å²) in [6, 6.07) is 55.4. The van der Waals surface area contributed by atoms with E-state index in [0.717, 1.165) is 5.56 Å². The molecule has 0 spiro atoms. The van der Waals surface area contributed by atoms with Gasteiger partial charge in [0.1, 0.15) is 0 Å². The Kier molecular flexibility index (Phi) is 5.57. The zero-order valence-corrected chi connectivity index (χ0v) is 24.0. The zero-order valence-electron chi connectivity index (χ0n) is 24.0. The molecule has 0 amide bonds. The molecular formula is C43H27N. The molecule has 0 radical (unpaired) electrons. The summed E-state index contributed by atoms with van der Waals surface area (Å²) >= 11 is 0. The topological polar surface area (TPSA) is 12.9 Å². The van der Waals surface area contributed by atoms with E-state index in [9.17, 15) is 0 Å². The highest BCUT2D eigenvalue weighted by atomic mass is 14.6. The molecule has 0 aliphatic heterocycles. The third-order valence-electron chi connectivity index (χ3n) is 9.12. The van der Waals surface area contributed by atoms with Gasteiger partial charge in [0.05, 0.1) is 0 Å². The number of pyridine rings is 1. The number of fused-ring (bicyclic) bond motifs is 11. The lowest BCUT2D eigenvalue weighted by Crippen LogP contribution is -1.91. The fraction of sp³-hybridized carbons (Fsp3) is 0. The minimum absolute atomic E-state index is 1.12. The number of benzene rings is 8. The molecule has 44 heavy (non-hydrogen) atoms. The second-order valence-electron chi connectivity index (χ2n) is 11.5. The van der Waals surface area contributed by atoms with Gasteiger partial charge in [0, 0.05) is 18.0 Å². The van der Waals surface area contributed by atoms with Gasteiger partial charge in [-0.25, -0.2) is 0 Å². The molecule has 9 aromatic rings. The molecule has 1 nitrogen and oxygen atoms in total. The van der Waals surface area contributed by atoms with Crippen LogP contribution < -0.4 is 0 Å². The van der Waals surface area contributed by atoms with Crippen LogP contribution in [0, 0.1) is 0 Å². The summed E-state index contributed by atoms with van der Waals surface area (Å²) in [5.74, 6) is 0. The maximum atomic E-state index is 4.41. The maximum absolute atomic E-state index is 4.41. The molecule has 0 fully saturated rings. The van der Waals surface area contributed by atoms with E-state index in [-0.39, 0.29) is 0 Å². The fourth-order valence-corrected chi connectivity index (χ4v) is 7.16. The largest absolute Gasteiger partial charge is 0.264 e. The van der Waals surface area contributed by atoms with Crippen molar-refractivity contribution in [3.63, 3.8) is 0 Å². The summed E-state index contributed by atoms with van der Waals surface area (Å²) in [5, 5.41) is 12.9. The summed E-state index contributed by atoms with van der Waals surface area (Å²) in [6.45, 7) is 0. The Morgan fingerprint density at radius 2 is 0.773 bits per heavy atom. The Hall–Kier alpha value is -5.79. The van der Waals surface area contributed by atoms with E-state index in [1.165, 1.54) is 81.7 Å². The van der Waals surface area contributed by atoms with Crippen molar-refractivity contribution in [3.05, 3.63) is 164 Å². The lowest BCUT2D eigenvalue weighted by molar-refractivity contribution is 1.33. The quantitative estimate of drug-likeness (QED) is 0.197. The number of aromatic nitrogens is 1. The highest BCUT2D eigenvalue weighted by Gasteiger charge is 2.18. The molecular weight excluding hydrogens is 530 g/mol. The van der Waals surface area contributed by atoms with E-state index >= 15 is 0 Å². The lowest BCUT2D eigenvalue weighted by Gasteiger charge is -2.18. The van der Waals surface area contributed by atoms with Gasteiger partial charge in [-0.2, -0.15) is 0 Å². The van der Waals surface area contributed by atoms with Crippen LogP contribution in [0.2, 0.25) is 0 Å². The van der Waals surface area contributed by atoms with Crippen LogP contribution in [0.15, 0.2) is 164 Å². The fourth-order valence-electron chi connectivity index (χ4n) is 7.16. The minimum Gasteiger partial charge on any atom is -0.264 e. The van der Waals surface area contributed by atoms with Crippen LogP contribution in [0.1, 0.15) is 0 Å². The molecule has 0 saturated carbocycles. The molecule has 0 bridgehead atoms. The van der Waals surface area contributed by atoms with Crippen LogP contribution in [0.5, 0.6) is 0 Å². The summed E-state index contributed by atoms with van der Waals surface area (Å²) in [7, 11) is 0. The summed E-state index contributed by atoms with van der Waals surface area (Å²) in [4.78, 5) is 4.41. The first-order chi connectivity index (χ1) is 21.8. The highest BCUT2D eigenvalue weighted by Crippen LogP contribution is 2.46. The van der Waals surface area contributed by atoms with Crippen molar-refractivity contribution in [2.24, 2.45) is 0 Å². The Morgan fingerprint density at radius 3 is 1.39 bits per heavy atom. The van der Waals surface area contributed by atoms with E-state index in [1.54, 1.807) is 0 Å². The smallest absolute Gasteiger partial charge is 0.0346 e. The van der Waals surface area contributed by atoms with E-state index in [0.29, 0.717) is 0 Å². The van der Waals surface area contributed by atoms with E-state index in [2.05, 4.69) is 151 Å². The molecule has 0 unspecified atom stereocenters. The van der Waals surface area contributed by atoms with Gasteiger partial charge in [0.2, 0.25) is 0 Å². The Bertz CT molecular complexity index is 2530. The van der Waals surface area contributed by atoms with Crippen molar-refractivity contribution in [2.45, 2.75) is 0 Å². The van der Waals surface area contributed by atoms with E-state index in [1.807, 2.05) is 18.5 Å². The molecule has 0 N–H and O–H groups in total. The molecule has 0 aliphatic carbocycles. The monoisotopic (exact) mass is 557 g/mol. The van der Waals surface area contributed by atoms with Gasteiger partial charge in [0.25, 0.3) is 0 Å². The SMILES string of the molecule is c1ccc(-c2ccc3c4ccc(-c5ccccc5-c5cccnc5)cc4c4c5ccccc5c5ccccc5c4c3c2)cc1. The molecule has 0 aliphatic rings. The van der Waals surface area contributed by atoms with Gasteiger partial charge >= 0.3 is 0 Å². The van der Waals surface area contributed by atoms with E-state index in [4.69, 9.17) is 0 Å². The predicted molar refractivity (Wildman–Crippen MR) is 188 cm³/mol. The summed E-state index contributed by atoms with van der Waals surface area (Å²) in [5.41, 5.74) is 7.19. The van der Waals surface area contributed by atoms with Crippen molar-refractivity contribution >= 4 is 53.9 Å². The number of rotatable bonds is 3. The van der Waals surface area contributed by atoms with Crippen LogP contribution in [0.3, 0.4) is 0 Å². The third kappa shape index (κ3) is 3.76. The van der Waals surface area contributed by atoms with Crippen molar-refractivity contribution in [1.82, 2.24) is 4.98 Å². The van der Waals surface area contributed by atoms with Crippen LogP contribution >= 0.6 is 0 Å². The average molecular weight is 558 g/mol. The zero-order chi connectivity index (χ0) is 29.0. The van der Waals surface area contributed by atoms with Crippen LogP contribution in [-0.4, -0.2) is 4.98 Å². The predicted octanol–water partition coefficient (Wildman–Crippen LogP) is 11.8. The lowest BCUT2D eigenvalue weighted by atomic mass is 9.85. The van der Waals surface area contributed by atoms with Crippen LogP contribution in [0.25, 0.3) is 87.2 Å². The summed E-state index contributed by atoms with van der Waals surface area (Å²) < 4.78 is 0. The Morgan fingerprint density at radius 1 is 0.295 bits per heavy atom. The second kappa shape index (κ2) is 9.90. The van der Waals surface area contributed by atoms with Crippen molar-refractivity contribution < 1.29 is 0 Å². The molecule has 1 aromatic heterocycles. The normalized spacial score (nSPS) is 11.6. The standard InChI is InChI=1S/C43H27N/c1-2-11-28(12-3-1)29-20-22-36-37-23-21-30(32-14-4-5-15-33(32)31-13-10-24-44-27-31)26-41(37)43-39-19-9-7-17-35(39)34-16-6-8-18-38(34)42(43)40(36)25-29/h1-27H. The first-order valence-corrected chi connectivity index (χ1v) is 15.1. The molecule has 1 heteroatoms. The Labute approximate surface area is 255 Å². The van der Waals surface area contributed by atoms with Crippen molar-refractivity contribution in [3.8, 4) is 33.4 Å². The van der Waals surface area contributed by atoms with E-state index < -0.39 is 0 Å². The number of hydrogen-bond donors (Lipinski definition) is 0. The third-order valence-corrected chi connectivity index (χ3v) is 9.12. The first-order valence-electron chi connectivity index (χ1n) is 15.1. The van der Waals surface area contributed by atoms with Crippen molar-refractivity contribution in [1.29, 1.82) is 0 Å². The molecule has 0 saturated heterocycles. The number of hydrogen-bond acceptors (Lipinski definition) is 1. The molecule has 9 rings (SSSR count). The van der Waals surface area contributed by atoms with Crippen LogP contribution in [0.4, 0.5) is 0 Å². The van der Waals surface area contributed by atoms with Gasteiger partial charge in [-0.1, -0.05) is 133 Å². The molecule has 0 atom stereocenters. The van der Waals surface area contributed by atoms with Gasteiger partial charge in [-0.15, -0.1) is 0 Å². The number of nitrogens with zero attached hydrogens (tertiary/aromatic N) is 1. The van der Waals surface area contributed by atoms with Gasteiger partial charge in [0.15, 0.2) is 0 Å². The van der Waals surface area contributed by atoms with Gasteiger partial charge < -0.3 is 0 Å². The Balaban J connectivity index is 1.46. The maximum Gasteiger partial charge on any atom is 0.0346 e.